The third kappa shape index (κ3) is 18.8. The van der Waals surface area contributed by atoms with Crippen molar-refractivity contribution in [2.45, 2.75) is 85.9 Å². The molecule has 1 N–H and O–H groups in total. The van der Waals surface area contributed by atoms with Crippen LogP contribution in [-0.4, -0.2) is 138 Å². The van der Waals surface area contributed by atoms with E-state index in [0.717, 1.165) is 70.9 Å². The standard InChI is InChI=1S/C12H20N2O2.C11H22N2O2.C9H18N2O/c1-12(2,3)16-8-11(15)6-4-5-10-7-13-9-14-10;1-11(2,3)15-9-10(14)13-7-5-12(4)6-8-13;1-8(2)9(12)11-6-4-10(3)5-7-11/h7,9H,4-6,8H2,1-3H3,(H,13,14);5-9H2,1-4H3;8H,4-7H2,1-3H3. The summed E-state index contributed by atoms with van der Waals surface area (Å²) in [6, 6.07) is 0. The summed E-state index contributed by atoms with van der Waals surface area (Å²) >= 11 is 0. The van der Waals surface area contributed by atoms with Gasteiger partial charge in [0.1, 0.15) is 13.2 Å². The van der Waals surface area contributed by atoms with Crippen molar-refractivity contribution < 1.29 is 23.9 Å². The fraction of sp³-hybridized carbons (Fsp3) is 0.812. The Morgan fingerprint density at radius 1 is 0.814 bits per heavy atom. The summed E-state index contributed by atoms with van der Waals surface area (Å²) in [4.78, 5) is 50.0. The molecule has 0 aliphatic carbocycles. The number of H-pyrrole nitrogens is 1. The van der Waals surface area contributed by atoms with Gasteiger partial charge in [-0.15, -0.1) is 0 Å². The Hall–Kier alpha value is -2.34. The number of hydrogen-bond donors (Lipinski definition) is 1. The van der Waals surface area contributed by atoms with Crippen LogP contribution >= 0.6 is 0 Å². The lowest BCUT2D eigenvalue weighted by atomic mass is 10.1. The number of ether oxygens (including phenoxy) is 2. The molecule has 3 heterocycles. The predicted molar refractivity (Wildman–Crippen MR) is 171 cm³/mol. The van der Waals surface area contributed by atoms with Crippen LogP contribution in [0.2, 0.25) is 0 Å². The average molecular weight is 609 g/mol. The fourth-order valence-electron chi connectivity index (χ4n) is 4.08. The summed E-state index contributed by atoms with van der Waals surface area (Å²) in [5, 5.41) is 0. The monoisotopic (exact) mass is 608 g/mol. The molecule has 2 amide bonds. The van der Waals surface area contributed by atoms with Crippen molar-refractivity contribution in [3.05, 3.63) is 18.2 Å². The Morgan fingerprint density at radius 2 is 1.30 bits per heavy atom. The van der Waals surface area contributed by atoms with E-state index in [2.05, 4.69) is 33.9 Å². The molecule has 0 unspecified atom stereocenters. The molecule has 11 heteroatoms. The molecule has 2 saturated heterocycles. The minimum Gasteiger partial charge on any atom is -0.368 e. The van der Waals surface area contributed by atoms with Crippen LogP contribution in [0.3, 0.4) is 0 Å². The van der Waals surface area contributed by atoms with E-state index in [0.29, 0.717) is 12.3 Å². The first-order valence-corrected chi connectivity index (χ1v) is 15.7. The molecule has 0 bridgehead atoms. The highest BCUT2D eigenvalue weighted by atomic mass is 16.5. The zero-order valence-electron chi connectivity index (χ0n) is 28.7. The minimum absolute atomic E-state index is 0.109. The van der Waals surface area contributed by atoms with Crippen LogP contribution in [0.1, 0.15) is 73.9 Å². The maximum atomic E-state index is 11.7. The normalized spacial score (nSPS) is 16.7. The Labute approximate surface area is 260 Å². The zero-order chi connectivity index (χ0) is 32.6. The summed E-state index contributed by atoms with van der Waals surface area (Å²) in [6.07, 6.45) is 5.71. The van der Waals surface area contributed by atoms with Crippen molar-refractivity contribution in [2.75, 3.05) is 79.7 Å². The number of rotatable bonds is 9. The number of imidazole rings is 1. The van der Waals surface area contributed by atoms with Crippen LogP contribution in [-0.2, 0) is 30.3 Å². The van der Waals surface area contributed by atoms with E-state index in [1.807, 2.05) is 65.2 Å². The van der Waals surface area contributed by atoms with Crippen molar-refractivity contribution in [3.8, 4) is 0 Å². The second-order valence-corrected chi connectivity index (χ2v) is 13.7. The first kappa shape index (κ1) is 38.7. The average Bonchev–Trinajstić information content (AvgIpc) is 3.44. The molecule has 248 valence electrons. The molecule has 0 radical (unpaired) electrons. The second-order valence-electron chi connectivity index (χ2n) is 13.7. The van der Waals surface area contributed by atoms with Crippen LogP contribution in [0.5, 0.6) is 0 Å². The first-order chi connectivity index (χ1) is 20.0. The zero-order valence-corrected chi connectivity index (χ0v) is 28.7. The van der Waals surface area contributed by atoms with Crippen LogP contribution in [0.15, 0.2) is 12.5 Å². The molecule has 11 nitrogen and oxygen atoms in total. The summed E-state index contributed by atoms with van der Waals surface area (Å²) in [5.74, 6) is 0.712. The lowest BCUT2D eigenvalue weighted by Gasteiger charge is -2.33. The van der Waals surface area contributed by atoms with Gasteiger partial charge in [0, 0.05) is 76.6 Å². The van der Waals surface area contributed by atoms with Crippen molar-refractivity contribution in [1.29, 1.82) is 0 Å². The molecule has 0 atom stereocenters. The van der Waals surface area contributed by atoms with Crippen LogP contribution < -0.4 is 0 Å². The summed E-state index contributed by atoms with van der Waals surface area (Å²) < 4.78 is 10.9. The number of nitrogens with one attached hydrogen (secondary N) is 1. The maximum Gasteiger partial charge on any atom is 0.248 e. The SMILES string of the molecule is CC(C)(C)OCC(=O)CCCc1cnc[nH]1.CC(C)C(=O)N1CCN(C)CC1.CN1CCN(C(=O)COC(C)(C)C)CC1. The van der Waals surface area contributed by atoms with Gasteiger partial charge in [0.2, 0.25) is 11.8 Å². The molecule has 3 rings (SSSR count). The molecule has 2 fully saturated rings. The van der Waals surface area contributed by atoms with Crippen molar-refractivity contribution in [2.24, 2.45) is 5.92 Å². The summed E-state index contributed by atoms with van der Waals surface area (Å²) in [7, 11) is 4.17. The number of aromatic amines is 1. The van der Waals surface area contributed by atoms with Gasteiger partial charge in [-0.05, 0) is 68.5 Å². The number of hydrogen-bond acceptors (Lipinski definition) is 8. The molecule has 1 aromatic rings. The Kier molecular flexibility index (Phi) is 17.2. The largest absolute Gasteiger partial charge is 0.368 e. The topological polar surface area (TPSA) is 111 Å². The van der Waals surface area contributed by atoms with Crippen LogP contribution in [0, 0.1) is 5.92 Å². The quantitative estimate of drug-likeness (QED) is 0.456. The number of nitrogens with zero attached hydrogens (tertiary/aromatic N) is 5. The molecule has 43 heavy (non-hydrogen) atoms. The fourth-order valence-corrected chi connectivity index (χ4v) is 4.08. The minimum atomic E-state index is -0.237. The molecule has 0 aromatic carbocycles. The van der Waals surface area contributed by atoms with Gasteiger partial charge in [-0.3, -0.25) is 14.4 Å². The van der Waals surface area contributed by atoms with Gasteiger partial charge in [-0.1, -0.05) is 13.8 Å². The van der Waals surface area contributed by atoms with Gasteiger partial charge in [-0.2, -0.15) is 0 Å². The molecule has 0 saturated carbocycles. The highest BCUT2D eigenvalue weighted by Crippen LogP contribution is 2.09. The van der Waals surface area contributed by atoms with Gasteiger partial charge < -0.3 is 34.1 Å². The lowest BCUT2D eigenvalue weighted by Crippen LogP contribution is -2.48. The number of carbonyl (C=O) groups is 3. The van der Waals surface area contributed by atoms with E-state index in [1.165, 1.54) is 0 Å². The highest BCUT2D eigenvalue weighted by Gasteiger charge is 2.22. The van der Waals surface area contributed by atoms with E-state index >= 15 is 0 Å². The Morgan fingerprint density at radius 3 is 1.74 bits per heavy atom. The van der Waals surface area contributed by atoms with E-state index in [1.54, 1.807) is 12.5 Å². The van der Waals surface area contributed by atoms with Crippen molar-refractivity contribution in [1.82, 2.24) is 29.6 Å². The molecule has 0 spiro atoms. The number of amides is 2. The van der Waals surface area contributed by atoms with E-state index < -0.39 is 0 Å². The number of likely N-dealkylation sites (N-methyl/N-ethyl adjacent to an activating group) is 2. The van der Waals surface area contributed by atoms with Crippen LogP contribution in [0.25, 0.3) is 0 Å². The summed E-state index contributed by atoms with van der Waals surface area (Å²) in [5.41, 5.74) is 0.603. The molecular weight excluding hydrogens is 548 g/mol. The first-order valence-electron chi connectivity index (χ1n) is 15.7. The maximum absolute atomic E-state index is 11.7. The number of aryl methyl sites for hydroxylation is 1. The van der Waals surface area contributed by atoms with Gasteiger partial charge in [0.05, 0.1) is 17.5 Å². The van der Waals surface area contributed by atoms with Gasteiger partial charge in [-0.25, -0.2) is 4.98 Å². The summed E-state index contributed by atoms with van der Waals surface area (Å²) in [6.45, 7) is 23.5. The number of aromatic nitrogens is 2. The third-order valence-corrected chi connectivity index (χ3v) is 6.92. The van der Waals surface area contributed by atoms with Crippen molar-refractivity contribution >= 4 is 17.6 Å². The molecule has 2 aliphatic heterocycles. The lowest BCUT2D eigenvalue weighted by molar-refractivity contribution is -0.142. The number of carbonyl (C=O) groups excluding carboxylic acids is 3. The Bertz CT molecular complexity index is 923. The van der Waals surface area contributed by atoms with Gasteiger partial charge >= 0.3 is 0 Å². The number of ketones is 1. The highest BCUT2D eigenvalue weighted by molar-refractivity contribution is 5.79. The second kappa shape index (κ2) is 19.1. The molecule has 1 aromatic heterocycles. The van der Waals surface area contributed by atoms with Gasteiger partial charge in [0.15, 0.2) is 5.78 Å². The Balaban J connectivity index is 0.000000326. The van der Waals surface area contributed by atoms with Gasteiger partial charge in [0.25, 0.3) is 0 Å². The predicted octanol–water partition coefficient (Wildman–Crippen LogP) is 3.11. The van der Waals surface area contributed by atoms with E-state index in [9.17, 15) is 14.4 Å². The molecule has 2 aliphatic rings. The smallest absolute Gasteiger partial charge is 0.248 e. The van der Waals surface area contributed by atoms with E-state index in [4.69, 9.17) is 9.47 Å². The molecular formula is C32H60N6O5. The van der Waals surface area contributed by atoms with Crippen LogP contribution in [0.4, 0.5) is 0 Å². The van der Waals surface area contributed by atoms with Crippen molar-refractivity contribution in [3.63, 3.8) is 0 Å². The third-order valence-electron chi connectivity index (χ3n) is 6.92. The number of piperazine rings is 2. The number of Topliss-reactive ketones (excluding diaryl/α,β-unsaturated/α-hetero) is 1. The van der Waals surface area contributed by atoms with E-state index in [-0.39, 0.29) is 42.0 Å².